The van der Waals surface area contributed by atoms with Gasteiger partial charge in [-0.15, -0.1) is 0 Å². The maximum Gasteiger partial charge on any atom is 0.161 e. The zero-order chi connectivity index (χ0) is 46.6. The molecule has 0 atom stereocenters. The molecule has 2 aromatic heterocycles. The molecule has 12 rings (SSSR count). The third-order valence-corrected chi connectivity index (χ3v) is 13.0. The summed E-state index contributed by atoms with van der Waals surface area (Å²) >= 11 is 0. The second-order valence-corrected chi connectivity index (χ2v) is 17.4. The lowest BCUT2D eigenvalue weighted by Crippen LogP contribution is -1.98. The Kier molecular flexibility index (Phi) is 11.2. The van der Waals surface area contributed by atoms with Crippen molar-refractivity contribution < 1.29 is 0 Å². The van der Waals surface area contributed by atoms with Gasteiger partial charge >= 0.3 is 0 Å². The highest BCUT2D eigenvalue weighted by Crippen LogP contribution is 2.37. The molecule has 0 unspecified atom stereocenters. The summed E-state index contributed by atoms with van der Waals surface area (Å²) in [5, 5.41) is 2.03. The van der Waals surface area contributed by atoms with Crippen molar-refractivity contribution in [1.82, 2.24) is 19.9 Å². The minimum absolute atomic E-state index is 0.647. The Morgan fingerprint density at radius 3 is 0.657 bits per heavy atom. The Bertz CT molecular complexity index is 3490. The van der Waals surface area contributed by atoms with Gasteiger partial charge in [-0.05, 0) is 67.4 Å². The summed E-state index contributed by atoms with van der Waals surface area (Å²) in [4.78, 5) is 21.1. The molecule has 0 fully saturated rings. The van der Waals surface area contributed by atoms with Crippen LogP contribution in [-0.2, 0) is 0 Å². The fourth-order valence-electron chi connectivity index (χ4n) is 9.28. The molecule has 10 aromatic carbocycles. The molecule has 12 aromatic rings. The highest BCUT2D eigenvalue weighted by Gasteiger charge is 2.18. The molecule has 0 amide bonds. The van der Waals surface area contributed by atoms with E-state index in [-0.39, 0.29) is 0 Å². The van der Waals surface area contributed by atoms with Crippen molar-refractivity contribution in [2.24, 2.45) is 0 Å². The minimum atomic E-state index is 0.647. The third kappa shape index (κ3) is 8.58. The number of aromatic nitrogens is 4. The van der Waals surface area contributed by atoms with E-state index < -0.39 is 0 Å². The molecule has 0 N–H and O–H groups in total. The number of rotatable bonds is 10. The summed E-state index contributed by atoms with van der Waals surface area (Å²) in [5.74, 6) is 1.29. The molecule has 0 saturated heterocycles. The Labute approximate surface area is 408 Å². The molecule has 0 saturated carbocycles. The van der Waals surface area contributed by atoms with E-state index in [2.05, 4.69) is 243 Å². The number of benzene rings is 10. The van der Waals surface area contributed by atoms with Gasteiger partial charge in [0.1, 0.15) is 0 Å². The number of fused-ring (bicyclic) bond motifs is 1. The fourth-order valence-corrected chi connectivity index (χ4v) is 9.28. The molecular formula is C66H44N4. The molecule has 2 heterocycles. The maximum atomic E-state index is 5.31. The second-order valence-electron chi connectivity index (χ2n) is 17.4. The SMILES string of the molecule is c1ccc(-c2ccc(-c3ccc(-c4cc(-c5ccccc5)nc(-c5cccc6c(-c7nc(-c8ccccc8)cc(-c8ccc(-c9ccc(-c%10ccccc%10)cc9)cc8)n7)cccc56)n4)cc3)cc2)cc1. The lowest BCUT2D eigenvalue weighted by atomic mass is 9.97. The molecule has 0 aliphatic rings. The molecule has 0 aliphatic heterocycles. The number of hydrogen-bond acceptors (Lipinski definition) is 4. The van der Waals surface area contributed by atoms with Crippen LogP contribution in [0.3, 0.4) is 0 Å². The first-order valence-electron chi connectivity index (χ1n) is 23.6. The van der Waals surface area contributed by atoms with Crippen molar-refractivity contribution in [2.75, 3.05) is 0 Å². The predicted molar refractivity (Wildman–Crippen MR) is 289 cm³/mol. The molecule has 70 heavy (non-hydrogen) atoms. The van der Waals surface area contributed by atoms with Crippen molar-refractivity contribution in [3.8, 4) is 112 Å². The first-order valence-corrected chi connectivity index (χ1v) is 23.6. The smallest absolute Gasteiger partial charge is 0.161 e. The molecule has 328 valence electrons. The number of nitrogens with zero attached hydrogens (tertiary/aromatic N) is 4. The van der Waals surface area contributed by atoms with Gasteiger partial charge in [0.15, 0.2) is 11.6 Å². The normalized spacial score (nSPS) is 11.1. The highest BCUT2D eigenvalue weighted by atomic mass is 14.9. The summed E-state index contributed by atoms with van der Waals surface area (Å²) in [7, 11) is 0. The molecule has 4 heteroatoms. The van der Waals surface area contributed by atoms with E-state index >= 15 is 0 Å². The Morgan fingerprint density at radius 2 is 0.386 bits per heavy atom. The standard InChI is InChI=1S/C66H44N4/c1-5-15-45(16-6-1)47-27-31-49(32-28-47)51-35-39-55(40-36-51)63-43-61(53-19-9-3-10-20-53)67-65(69-63)59-25-13-24-58-57(59)23-14-26-60(58)66-68-62(54-21-11-4-12-22-54)44-64(70-66)56-41-37-52(38-42-56)50-33-29-48(30-34-50)46-17-7-2-8-18-46/h1-44H. The molecule has 4 nitrogen and oxygen atoms in total. The molecule has 0 aliphatic carbocycles. The van der Waals surface area contributed by atoms with Crippen LogP contribution in [0.1, 0.15) is 0 Å². The average molecular weight is 893 g/mol. The van der Waals surface area contributed by atoms with Gasteiger partial charge in [0.2, 0.25) is 0 Å². The summed E-state index contributed by atoms with van der Waals surface area (Å²) < 4.78 is 0. The topological polar surface area (TPSA) is 51.6 Å². The van der Waals surface area contributed by atoms with E-state index in [9.17, 15) is 0 Å². The van der Waals surface area contributed by atoms with Gasteiger partial charge in [0.25, 0.3) is 0 Å². The van der Waals surface area contributed by atoms with Crippen LogP contribution in [-0.4, -0.2) is 19.9 Å². The van der Waals surface area contributed by atoms with Crippen molar-refractivity contribution in [3.63, 3.8) is 0 Å². The second kappa shape index (κ2) is 18.7. The van der Waals surface area contributed by atoms with Crippen molar-refractivity contribution in [1.29, 1.82) is 0 Å². The predicted octanol–water partition coefficient (Wildman–Crippen LogP) is 17.1. The van der Waals surface area contributed by atoms with E-state index in [1.54, 1.807) is 0 Å². The lowest BCUT2D eigenvalue weighted by molar-refractivity contribution is 1.18. The quantitative estimate of drug-likeness (QED) is 0.137. The summed E-state index contributed by atoms with van der Waals surface area (Å²) in [6.45, 7) is 0. The first kappa shape index (κ1) is 42.0. The van der Waals surface area contributed by atoms with Gasteiger partial charge in [-0.3, -0.25) is 0 Å². The fraction of sp³-hybridized carbons (Fsp3) is 0. The van der Waals surface area contributed by atoms with Gasteiger partial charge in [-0.25, -0.2) is 19.9 Å². The zero-order valence-electron chi connectivity index (χ0n) is 38.2. The van der Waals surface area contributed by atoms with E-state index in [4.69, 9.17) is 19.9 Å². The van der Waals surface area contributed by atoms with Gasteiger partial charge in [-0.2, -0.15) is 0 Å². The Balaban J connectivity index is 0.912. The van der Waals surface area contributed by atoms with E-state index in [0.29, 0.717) is 11.6 Å². The summed E-state index contributed by atoms with van der Waals surface area (Å²) in [6, 6.07) is 93.4. The Morgan fingerprint density at radius 1 is 0.171 bits per heavy atom. The molecular weight excluding hydrogens is 849 g/mol. The number of hydrogen-bond donors (Lipinski definition) is 0. The molecule has 0 bridgehead atoms. The van der Waals surface area contributed by atoms with Crippen LogP contribution in [0, 0.1) is 0 Å². The van der Waals surface area contributed by atoms with Crippen molar-refractivity contribution in [3.05, 3.63) is 267 Å². The van der Waals surface area contributed by atoms with Gasteiger partial charge in [0.05, 0.1) is 22.8 Å². The molecule has 0 radical (unpaired) electrons. The van der Waals surface area contributed by atoms with Crippen LogP contribution >= 0.6 is 0 Å². The van der Waals surface area contributed by atoms with Crippen LogP contribution in [0.25, 0.3) is 123 Å². The van der Waals surface area contributed by atoms with E-state index in [0.717, 1.165) is 89.2 Å². The largest absolute Gasteiger partial charge is 0.228 e. The monoisotopic (exact) mass is 892 g/mol. The van der Waals surface area contributed by atoms with Crippen LogP contribution in [0.5, 0.6) is 0 Å². The lowest BCUT2D eigenvalue weighted by Gasteiger charge is -2.14. The minimum Gasteiger partial charge on any atom is -0.228 e. The van der Waals surface area contributed by atoms with Gasteiger partial charge in [-0.1, -0.05) is 255 Å². The molecule has 0 spiro atoms. The van der Waals surface area contributed by atoms with E-state index in [1.165, 1.54) is 22.3 Å². The van der Waals surface area contributed by atoms with Gasteiger partial charge < -0.3 is 0 Å². The Hall–Kier alpha value is -9.38. The van der Waals surface area contributed by atoms with Crippen LogP contribution in [0.15, 0.2) is 267 Å². The van der Waals surface area contributed by atoms with Crippen molar-refractivity contribution >= 4 is 10.8 Å². The first-order chi connectivity index (χ1) is 34.7. The highest BCUT2D eigenvalue weighted by molar-refractivity contribution is 6.03. The van der Waals surface area contributed by atoms with Gasteiger partial charge in [0, 0.05) is 33.4 Å². The van der Waals surface area contributed by atoms with Crippen molar-refractivity contribution in [2.45, 2.75) is 0 Å². The third-order valence-electron chi connectivity index (χ3n) is 13.0. The maximum absolute atomic E-state index is 5.31. The van der Waals surface area contributed by atoms with Crippen LogP contribution in [0.4, 0.5) is 0 Å². The zero-order valence-corrected chi connectivity index (χ0v) is 38.2. The van der Waals surface area contributed by atoms with E-state index in [1.807, 2.05) is 24.3 Å². The summed E-state index contributed by atoms with van der Waals surface area (Å²) in [5.41, 5.74) is 18.8. The van der Waals surface area contributed by atoms with Crippen LogP contribution < -0.4 is 0 Å². The average Bonchev–Trinajstić information content (AvgIpc) is 3.45. The van der Waals surface area contributed by atoms with Crippen LogP contribution in [0.2, 0.25) is 0 Å². The summed E-state index contributed by atoms with van der Waals surface area (Å²) in [6.07, 6.45) is 0.